The lowest BCUT2D eigenvalue weighted by atomic mass is 10.1. The van der Waals surface area contributed by atoms with Crippen LogP contribution in [0.25, 0.3) is 0 Å². The molecule has 1 fully saturated rings. The fourth-order valence-electron chi connectivity index (χ4n) is 1.70. The second kappa shape index (κ2) is 3.94. The molecule has 2 unspecified atom stereocenters. The van der Waals surface area contributed by atoms with Crippen LogP contribution in [0.15, 0.2) is 0 Å². The van der Waals surface area contributed by atoms with Crippen molar-refractivity contribution in [2.75, 3.05) is 13.2 Å². The molecule has 1 saturated carbocycles. The molecule has 10 heavy (non-hydrogen) atoms. The fourth-order valence-corrected chi connectivity index (χ4v) is 1.70. The van der Waals surface area contributed by atoms with E-state index < -0.39 is 0 Å². The molecule has 2 N–H and O–H groups in total. The van der Waals surface area contributed by atoms with E-state index in [4.69, 9.17) is 5.11 Å². The molecule has 0 amide bonds. The van der Waals surface area contributed by atoms with Crippen molar-refractivity contribution < 1.29 is 5.11 Å². The summed E-state index contributed by atoms with van der Waals surface area (Å²) in [6.07, 6.45) is 3.99. The fraction of sp³-hybridized carbons (Fsp3) is 1.00. The van der Waals surface area contributed by atoms with Crippen LogP contribution in [0.3, 0.4) is 0 Å². The number of rotatable bonds is 3. The van der Waals surface area contributed by atoms with E-state index in [1.54, 1.807) is 0 Å². The Hall–Kier alpha value is -0.0800. The molecule has 1 aliphatic rings. The average molecular weight is 143 g/mol. The Balaban J connectivity index is 2.14. The summed E-state index contributed by atoms with van der Waals surface area (Å²) in [6, 6.07) is 0.673. The van der Waals surface area contributed by atoms with Gasteiger partial charge in [-0.25, -0.2) is 0 Å². The summed E-state index contributed by atoms with van der Waals surface area (Å²) in [4.78, 5) is 0. The zero-order valence-corrected chi connectivity index (χ0v) is 6.64. The lowest BCUT2D eigenvalue weighted by Crippen LogP contribution is -2.33. The Morgan fingerprint density at radius 2 is 2.30 bits per heavy atom. The zero-order chi connectivity index (χ0) is 7.40. The Bertz CT molecular complexity index is 95.3. The van der Waals surface area contributed by atoms with Gasteiger partial charge in [0.25, 0.3) is 0 Å². The van der Waals surface area contributed by atoms with Gasteiger partial charge in [-0.2, -0.15) is 0 Å². The monoisotopic (exact) mass is 143 g/mol. The number of hydrogen-bond donors (Lipinski definition) is 2. The van der Waals surface area contributed by atoms with E-state index in [0.29, 0.717) is 6.04 Å². The summed E-state index contributed by atoms with van der Waals surface area (Å²) in [6.45, 7) is 3.31. The standard InChI is InChI=1S/C8H17NO/c1-7-3-2-4-8(7)9-5-6-10/h7-10H,2-6H2,1H3. The van der Waals surface area contributed by atoms with Crippen molar-refractivity contribution in [2.45, 2.75) is 32.2 Å². The second-order valence-corrected chi connectivity index (χ2v) is 3.19. The van der Waals surface area contributed by atoms with E-state index in [1.165, 1.54) is 19.3 Å². The maximum absolute atomic E-state index is 8.55. The van der Waals surface area contributed by atoms with Crippen molar-refractivity contribution in [1.82, 2.24) is 5.32 Å². The smallest absolute Gasteiger partial charge is 0.0556 e. The topological polar surface area (TPSA) is 32.3 Å². The molecule has 0 spiro atoms. The summed E-state index contributed by atoms with van der Waals surface area (Å²) in [5.41, 5.74) is 0. The van der Waals surface area contributed by atoms with Crippen LogP contribution in [0.4, 0.5) is 0 Å². The van der Waals surface area contributed by atoms with Crippen LogP contribution in [0.2, 0.25) is 0 Å². The quantitative estimate of drug-likeness (QED) is 0.611. The largest absolute Gasteiger partial charge is 0.395 e. The summed E-state index contributed by atoms with van der Waals surface area (Å²) in [5, 5.41) is 11.9. The Kier molecular flexibility index (Phi) is 3.16. The second-order valence-electron chi connectivity index (χ2n) is 3.19. The van der Waals surface area contributed by atoms with Gasteiger partial charge in [0.2, 0.25) is 0 Å². The third-order valence-corrected chi connectivity index (χ3v) is 2.38. The van der Waals surface area contributed by atoms with E-state index in [-0.39, 0.29) is 6.61 Å². The predicted molar refractivity (Wildman–Crippen MR) is 41.9 cm³/mol. The first-order chi connectivity index (χ1) is 4.84. The van der Waals surface area contributed by atoms with Crippen LogP contribution in [-0.4, -0.2) is 24.3 Å². The van der Waals surface area contributed by atoms with Crippen LogP contribution in [0.5, 0.6) is 0 Å². The van der Waals surface area contributed by atoms with Gasteiger partial charge in [0, 0.05) is 12.6 Å². The summed E-state index contributed by atoms with van der Waals surface area (Å²) >= 11 is 0. The Morgan fingerprint density at radius 1 is 1.50 bits per heavy atom. The molecule has 2 heteroatoms. The molecule has 0 bridgehead atoms. The highest BCUT2D eigenvalue weighted by Gasteiger charge is 2.21. The van der Waals surface area contributed by atoms with E-state index in [1.807, 2.05) is 0 Å². The first-order valence-corrected chi connectivity index (χ1v) is 4.19. The van der Waals surface area contributed by atoms with E-state index >= 15 is 0 Å². The molecular weight excluding hydrogens is 126 g/mol. The van der Waals surface area contributed by atoms with Gasteiger partial charge in [0.15, 0.2) is 0 Å². The minimum Gasteiger partial charge on any atom is -0.395 e. The molecule has 0 radical (unpaired) electrons. The number of aliphatic hydroxyl groups is 1. The van der Waals surface area contributed by atoms with Crippen LogP contribution in [0.1, 0.15) is 26.2 Å². The molecule has 1 aliphatic carbocycles. The maximum atomic E-state index is 8.55. The van der Waals surface area contributed by atoms with Crippen LogP contribution < -0.4 is 5.32 Å². The molecule has 0 aliphatic heterocycles. The minimum absolute atomic E-state index is 0.267. The molecular formula is C8H17NO. The Labute approximate surface area is 62.6 Å². The number of hydrogen-bond acceptors (Lipinski definition) is 2. The van der Waals surface area contributed by atoms with Gasteiger partial charge in [-0.15, -0.1) is 0 Å². The molecule has 0 heterocycles. The lowest BCUT2D eigenvalue weighted by Gasteiger charge is -2.15. The first-order valence-electron chi connectivity index (χ1n) is 4.19. The molecule has 0 aromatic heterocycles. The molecule has 0 aromatic carbocycles. The molecule has 0 aromatic rings. The third-order valence-electron chi connectivity index (χ3n) is 2.38. The van der Waals surface area contributed by atoms with Crippen LogP contribution in [0, 0.1) is 5.92 Å². The lowest BCUT2D eigenvalue weighted by molar-refractivity contribution is 0.277. The highest BCUT2D eigenvalue weighted by Crippen LogP contribution is 2.24. The van der Waals surface area contributed by atoms with Crippen molar-refractivity contribution in [3.63, 3.8) is 0 Å². The van der Waals surface area contributed by atoms with E-state index in [0.717, 1.165) is 12.5 Å². The number of nitrogens with one attached hydrogen (secondary N) is 1. The molecule has 60 valence electrons. The highest BCUT2D eigenvalue weighted by atomic mass is 16.3. The average Bonchev–Trinajstić information content (AvgIpc) is 2.31. The van der Waals surface area contributed by atoms with Crippen molar-refractivity contribution >= 4 is 0 Å². The summed E-state index contributed by atoms with van der Waals surface area (Å²) in [7, 11) is 0. The number of aliphatic hydroxyl groups excluding tert-OH is 1. The van der Waals surface area contributed by atoms with E-state index in [9.17, 15) is 0 Å². The zero-order valence-electron chi connectivity index (χ0n) is 6.64. The van der Waals surface area contributed by atoms with Gasteiger partial charge in [-0.1, -0.05) is 13.3 Å². The van der Waals surface area contributed by atoms with Gasteiger partial charge in [0.05, 0.1) is 6.61 Å². The van der Waals surface area contributed by atoms with Gasteiger partial charge in [-0.05, 0) is 18.8 Å². The van der Waals surface area contributed by atoms with Gasteiger partial charge in [0.1, 0.15) is 0 Å². The molecule has 0 saturated heterocycles. The first kappa shape index (κ1) is 8.02. The normalized spacial score (nSPS) is 33.0. The van der Waals surface area contributed by atoms with Crippen molar-refractivity contribution in [3.8, 4) is 0 Å². The van der Waals surface area contributed by atoms with Gasteiger partial charge < -0.3 is 10.4 Å². The third kappa shape index (κ3) is 1.96. The molecule has 2 nitrogen and oxygen atoms in total. The SMILES string of the molecule is CC1CCCC1NCCO. The van der Waals surface area contributed by atoms with Gasteiger partial charge in [-0.3, -0.25) is 0 Å². The van der Waals surface area contributed by atoms with Crippen molar-refractivity contribution in [1.29, 1.82) is 0 Å². The van der Waals surface area contributed by atoms with Crippen molar-refractivity contribution in [3.05, 3.63) is 0 Å². The Morgan fingerprint density at radius 3 is 2.80 bits per heavy atom. The predicted octanol–water partition coefficient (Wildman–Crippen LogP) is 0.757. The summed E-state index contributed by atoms with van der Waals surface area (Å²) in [5.74, 6) is 0.812. The maximum Gasteiger partial charge on any atom is 0.0556 e. The summed E-state index contributed by atoms with van der Waals surface area (Å²) < 4.78 is 0. The van der Waals surface area contributed by atoms with E-state index in [2.05, 4.69) is 12.2 Å². The molecule has 1 rings (SSSR count). The minimum atomic E-state index is 0.267. The van der Waals surface area contributed by atoms with Crippen LogP contribution >= 0.6 is 0 Å². The molecule has 2 atom stereocenters. The van der Waals surface area contributed by atoms with Crippen molar-refractivity contribution in [2.24, 2.45) is 5.92 Å². The van der Waals surface area contributed by atoms with Crippen LogP contribution in [-0.2, 0) is 0 Å². The van der Waals surface area contributed by atoms with Gasteiger partial charge >= 0.3 is 0 Å². The highest BCUT2D eigenvalue weighted by molar-refractivity contribution is 4.79.